The summed E-state index contributed by atoms with van der Waals surface area (Å²) in [6, 6.07) is 6.06. The van der Waals surface area contributed by atoms with Crippen LogP contribution in [0.4, 0.5) is 0 Å². The van der Waals surface area contributed by atoms with E-state index in [1.54, 1.807) is 12.4 Å². The lowest BCUT2D eigenvalue weighted by atomic mass is 9.91. The Balaban J connectivity index is 1.52. The smallest absolute Gasteiger partial charge is 0.127 e. The highest BCUT2D eigenvalue weighted by molar-refractivity contribution is 5.21. The van der Waals surface area contributed by atoms with Gasteiger partial charge >= 0.3 is 0 Å². The Morgan fingerprint density at radius 2 is 2.31 bits per heavy atom. The van der Waals surface area contributed by atoms with Gasteiger partial charge in [0.1, 0.15) is 11.9 Å². The van der Waals surface area contributed by atoms with Gasteiger partial charge in [-0.25, -0.2) is 4.98 Å². The lowest BCUT2D eigenvalue weighted by Gasteiger charge is -2.33. The van der Waals surface area contributed by atoms with E-state index in [0.29, 0.717) is 5.92 Å². The van der Waals surface area contributed by atoms with Gasteiger partial charge in [-0.1, -0.05) is 6.07 Å². The van der Waals surface area contributed by atoms with Crippen molar-refractivity contribution in [2.45, 2.75) is 25.0 Å². The highest BCUT2D eigenvalue weighted by atomic mass is 16.5. The van der Waals surface area contributed by atoms with Crippen molar-refractivity contribution in [1.29, 1.82) is 0 Å². The quantitative estimate of drug-likeness (QED) is 0.712. The number of hydrogen-bond acceptors (Lipinski definition) is 5. The van der Waals surface area contributed by atoms with E-state index in [2.05, 4.69) is 31.4 Å². The fourth-order valence-corrected chi connectivity index (χ4v) is 3.67. The molecule has 1 fully saturated rings. The van der Waals surface area contributed by atoms with E-state index < -0.39 is 0 Å². The van der Waals surface area contributed by atoms with Crippen LogP contribution in [0, 0.1) is 5.92 Å². The molecule has 0 aliphatic carbocycles. The van der Waals surface area contributed by atoms with Crippen molar-refractivity contribution in [2.24, 2.45) is 13.0 Å². The molecule has 1 aliphatic rings. The van der Waals surface area contributed by atoms with Crippen molar-refractivity contribution < 1.29 is 4.74 Å². The molecular formula is C19H24N6O. The maximum Gasteiger partial charge on any atom is 0.127 e. The van der Waals surface area contributed by atoms with E-state index in [9.17, 15) is 0 Å². The van der Waals surface area contributed by atoms with E-state index in [0.717, 1.165) is 43.1 Å². The summed E-state index contributed by atoms with van der Waals surface area (Å²) in [7, 11) is 1.97. The zero-order valence-corrected chi connectivity index (χ0v) is 14.9. The highest BCUT2D eigenvalue weighted by Gasteiger charge is 2.30. The molecule has 3 aromatic rings. The minimum Gasteiger partial charge on any atom is -0.372 e. The third kappa shape index (κ3) is 3.54. The molecule has 7 heteroatoms. The molecule has 0 aromatic carbocycles. The average molecular weight is 352 g/mol. The first-order chi connectivity index (χ1) is 12.8. The summed E-state index contributed by atoms with van der Waals surface area (Å²) >= 11 is 0. The van der Waals surface area contributed by atoms with Gasteiger partial charge < -0.3 is 15.0 Å². The summed E-state index contributed by atoms with van der Waals surface area (Å²) in [5.41, 5.74) is 2.23. The second kappa shape index (κ2) is 7.80. The van der Waals surface area contributed by atoms with Gasteiger partial charge in [-0.05, 0) is 30.5 Å². The zero-order valence-electron chi connectivity index (χ0n) is 14.9. The number of rotatable bonds is 6. The Morgan fingerprint density at radius 3 is 3.04 bits per heavy atom. The van der Waals surface area contributed by atoms with Crippen LogP contribution in [0.2, 0.25) is 0 Å². The molecule has 4 rings (SSSR count). The van der Waals surface area contributed by atoms with Gasteiger partial charge in [-0.15, -0.1) is 0 Å². The Labute approximate surface area is 152 Å². The summed E-state index contributed by atoms with van der Waals surface area (Å²) in [5, 5.41) is 7.98. The van der Waals surface area contributed by atoms with Crippen LogP contribution < -0.4 is 5.32 Å². The molecule has 3 aromatic heterocycles. The molecule has 1 saturated heterocycles. The first-order valence-corrected chi connectivity index (χ1v) is 9.05. The van der Waals surface area contributed by atoms with Crippen LogP contribution in [0.15, 0.2) is 49.2 Å². The fourth-order valence-electron chi connectivity index (χ4n) is 3.67. The third-order valence-corrected chi connectivity index (χ3v) is 4.99. The Morgan fingerprint density at radius 1 is 1.35 bits per heavy atom. The van der Waals surface area contributed by atoms with Gasteiger partial charge in [-0.2, -0.15) is 5.10 Å². The fraction of sp³-hybridized carbons (Fsp3) is 0.421. The SMILES string of the molecule is Cn1nccc1[C@@H]1OCCC[C@H]1CNC(c1cccnc1)c1ncc[nH]1. The lowest BCUT2D eigenvalue weighted by molar-refractivity contribution is -0.0327. The minimum atomic E-state index is -0.0205. The Bertz CT molecular complexity index is 801. The normalized spacial score (nSPS) is 21.6. The van der Waals surface area contributed by atoms with Crippen molar-refractivity contribution in [3.63, 3.8) is 0 Å². The van der Waals surface area contributed by atoms with Gasteiger partial charge in [0.25, 0.3) is 0 Å². The molecule has 3 atom stereocenters. The maximum absolute atomic E-state index is 6.11. The van der Waals surface area contributed by atoms with Crippen LogP contribution in [0.1, 0.15) is 42.1 Å². The van der Waals surface area contributed by atoms with Crippen LogP contribution >= 0.6 is 0 Å². The number of pyridine rings is 1. The largest absolute Gasteiger partial charge is 0.372 e. The number of imidazole rings is 1. The molecule has 26 heavy (non-hydrogen) atoms. The maximum atomic E-state index is 6.11. The highest BCUT2D eigenvalue weighted by Crippen LogP contribution is 2.33. The predicted molar refractivity (Wildman–Crippen MR) is 97.3 cm³/mol. The second-order valence-electron chi connectivity index (χ2n) is 6.68. The van der Waals surface area contributed by atoms with Crippen LogP contribution in [0.5, 0.6) is 0 Å². The molecule has 0 bridgehead atoms. The van der Waals surface area contributed by atoms with E-state index in [1.807, 2.05) is 42.5 Å². The third-order valence-electron chi connectivity index (χ3n) is 4.99. The van der Waals surface area contributed by atoms with Crippen LogP contribution in [0.3, 0.4) is 0 Å². The molecule has 0 spiro atoms. The molecule has 1 aliphatic heterocycles. The minimum absolute atomic E-state index is 0.0205. The van der Waals surface area contributed by atoms with Crippen molar-refractivity contribution in [2.75, 3.05) is 13.2 Å². The van der Waals surface area contributed by atoms with E-state index >= 15 is 0 Å². The lowest BCUT2D eigenvalue weighted by Crippen LogP contribution is -2.35. The predicted octanol–water partition coefficient (Wildman–Crippen LogP) is 2.39. The Hall–Kier alpha value is -2.51. The number of nitrogens with zero attached hydrogens (tertiary/aromatic N) is 4. The van der Waals surface area contributed by atoms with Crippen molar-refractivity contribution >= 4 is 0 Å². The van der Waals surface area contributed by atoms with Gasteiger partial charge in [0.15, 0.2) is 0 Å². The molecule has 7 nitrogen and oxygen atoms in total. The Kier molecular flexibility index (Phi) is 5.08. The number of aryl methyl sites for hydroxylation is 1. The number of ether oxygens (including phenoxy) is 1. The molecule has 4 heterocycles. The summed E-state index contributed by atoms with van der Waals surface area (Å²) < 4.78 is 8.02. The van der Waals surface area contributed by atoms with Crippen molar-refractivity contribution in [1.82, 2.24) is 30.0 Å². The van der Waals surface area contributed by atoms with Crippen molar-refractivity contribution in [3.05, 3.63) is 66.3 Å². The van der Waals surface area contributed by atoms with Crippen molar-refractivity contribution in [3.8, 4) is 0 Å². The van der Waals surface area contributed by atoms with Crippen LogP contribution in [0.25, 0.3) is 0 Å². The number of H-pyrrole nitrogens is 1. The zero-order chi connectivity index (χ0) is 17.8. The standard InChI is InChI=1S/C19H24N6O/c1-25-16(6-8-24-25)18-15(5-3-11-26-18)13-23-17(19-21-9-10-22-19)14-4-2-7-20-12-14/h2,4,6-10,12,15,17-18,23H,3,5,11,13H2,1H3,(H,21,22)/t15-,17?,18+/m0/s1. The second-order valence-corrected chi connectivity index (χ2v) is 6.68. The summed E-state index contributed by atoms with van der Waals surface area (Å²) in [4.78, 5) is 11.9. The molecule has 0 saturated carbocycles. The van der Waals surface area contributed by atoms with Gasteiger partial charge in [0.2, 0.25) is 0 Å². The van der Waals surface area contributed by atoms with E-state index in [-0.39, 0.29) is 12.1 Å². The van der Waals surface area contributed by atoms with Gasteiger partial charge in [0, 0.05) is 57.1 Å². The molecule has 0 radical (unpaired) electrons. The summed E-state index contributed by atoms with van der Waals surface area (Å²) in [5.74, 6) is 1.28. The van der Waals surface area contributed by atoms with E-state index in [1.165, 1.54) is 0 Å². The number of nitrogens with one attached hydrogen (secondary N) is 2. The first kappa shape index (κ1) is 16.9. The topological polar surface area (TPSA) is 80.7 Å². The number of hydrogen-bond donors (Lipinski definition) is 2. The molecule has 2 N–H and O–H groups in total. The number of aromatic amines is 1. The molecule has 136 valence electrons. The monoisotopic (exact) mass is 352 g/mol. The molecule has 1 unspecified atom stereocenters. The average Bonchev–Trinajstić information content (AvgIpc) is 3.35. The summed E-state index contributed by atoms with van der Waals surface area (Å²) in [6.45, 7) is 1.63. The molecular weight excluding hydrogens is 328 g/mol. The first-order valence-electron chi connectivity index (χ1n) is 9.05. The number of aromatic nitrogens is 5. The van der Waals surface area contributed by atoms with Crippen LogP contribution in [-0.2, 0) is 11.8 Å². The van der Waals surface area contributed by atoms with E-state index in [4.69, 9.17) is 4.74 Å². The van der Waals surface area contributed by atoms with Gasteiger partial charge in [0.05, 0.1) is 11.7 Å². The summed E-state index contributed by atoms with van der Waals surface area (Å²) in [6.07, 6.45) is 11.4. The molecule has 0 amide bonds. The van der Waals surface area contributed by atoms with Crippen LogP contribution in [-0.4, -0.2) is 37.9 Å². The van der Waals surface area contributed by atoms with Gasteiger partial charge in [-0.3, -0.25) is 9.67 Å².